The summed E-state index contributed by atoms with van der Waals surface area (Å²) in [7, 11) is 1.44. The number of carbonyl (C=O) groups excluding carboxylic acids is 1. The number of hydrogen-bond donors (Lipinski definition) is 0. The summed E-state index contributed by atoms with van der Waals surface area (Å²) in [5.41, 5.74) is -0.277. The van der Waals surface area contributed by atoms with Gasteiger partial charge in [0.15, 0.2) is 5.78 Å². The van der Waals surface area contributed by atoms with Gasteiger partial charge in [0.25, 0.3) is 0 Å². The monoisotopic (exact) mass is 406 g/mol. The number of methoxy groups -OCH3 is 1. The Kier molecular flexibility index (Phi) is 4.55. The average molecular weight is 406 g/mol. The van der Waals surface area contributed by atoms with Crippen LogP contribution in [0, 0.1) is 3.57 Å². The minimum Gasteiger partial charge on any atom is -0.496 e. The second kappa shape index (κ2) is 6.05. The zero-order valence-electron chi connectivity index (χ0n) is 10.9. The molecule has 2 aromatic carbocycles. The van der Waals surface area contributed by atoms with E-state index in [-0.39, 0.29) is 11.3 Å². The molecule has 2 nitrogen and oxygen atoms in total. The third-order valence-electron chi connectivity index (χ3n) is 2.88. The zero-order valence-corrected chi connectivity index (χ0v) is 13.0. The summed E-state index contributed by atoms with van der Waals surface area (Å²) in [6.07, 6.45) is -4.42. The van der Waals surface area contributed by atoms with Crippen molar-refractivity contribution in [1.82, 2.24) is 0 Å². The average Bonchev–Trinajstić information content (AvgIpc) is 2.45. The summed E-state index contributed by atoms with van der Waals surface area (Å²) in [5.74, 6) is 0.0133. The molecule has 0 amide bonds. The molecule has 0 heterocycles. The third-order valence-corrected chi connectivity index (χ3v) is 3.55. The molecule has 6 heteroatoms. The maximum absolute atomic E-state index is 12.5. The third kappa shape index (κ3) is 3.55. The molecule has 0 saturated carbocycles. The first kappa shape index (κ1) is 15.8. The smallest absolute Gasteiger partial charge is 0.416 e. The molecule has 0 unspecified atom stereocenters. The fourth-order valence-electron chi connectivity index (χ4n) is 1.82. The summed E-state index contributed by atoms with van der Waals surface area (Å²) in [5, 5.41) is 0. The van der Waals surface area contributed by atoms with Crippen LogP contribution in [-0.2, 0) is 6.18 Å². The van der Waals surface area contributed by atoms with Crippen LogP contribution < -0.4 is 4.74 Å². The van der Waals surface area contributed by atoms with Crippen LogP contribution in [-0.4, -0.2) is 12.9 Å². The van der Waals surface area contributed by atoms with Gasteiger partial charge in [0.2, 0.25) is 0 Å². The molecule has 110 valence electrons. The summed E-state index contributed by atoms with van der Waals surface area (Å²) in [6, 6.07) is 9.21. The second-order valence-corrected chi connectivity index (χ2v) is 5.49. The number of ether oxygens (including phenoxy) is 1. The Balaban J connectivity index is 2.39. The minimum absolute atomic E-state index is 0.184. The van der Waals surface area contributed by atoms with Crippen molar-refractivity contribution >= 4 is 28.4 Å². The quantitative estimate of drug-likeness (QED) is 0.553. The van der Waals surface area contributed by atoms with Crippen LogP contribution in [0.1, 0.15) is 21.5 Å². The van der Waals surface area contributed by atoms with Crippen molar-refractivity contribution in [2.75, 3.05) is 7.11 Å². The van der Waals surface area contributed by atoms with Crippen LogP contribution >= 0.6 is 22.6 Å². The molecule has 2 rings (SSSR count). The Hall–Kier alpha value is -1.57. The molecule has 2 aromatic rings. The highest BCUT2D eigenvalue weighted by atomic mass is 127. The largest absolute Gasteiger partial charge is 0.496 e. The van der Waals surface area contributed by atoms with E-state index in [1.54, 1.807) is 18.2 Å². The Bertz CT molecular complexity index is 664. The molecule has 0 aliphatic heterocycles. The maximum atomic E-state index is 12.5. The maximum Gasteiger partial charge on any atom is 0.416 e. The van der Waals surface area contributed by atoms with Gasteiger partial charge in [-0.2, -0.15) is 13.2 Å². The van der Waals surface area contributed by atoms with E-state index in [1.807, 2.05) is 0 Å². The second-order valence-electron chi connectivity index (χ2n) is 4.25. The van der Waals surface area contributed by atoms with Crippen LogP contribution in [0.4, 0.5) is 13.2 Å². The predicted octanol–water partition coefficient (Wildman–Crippen LogP) is 4.55. The number of benzene rings is 2. The number of hydrogen-bond acceptors (Lipinski definition) is 2. The molecule has 0 aliphatic carbocycles. The molecule has 0 spiro atoms. The molecule has 21 heavy (non-hydrogen) atoms. The number of alkyl halides is 3. The fourth-order valence-corrected chi connectivity index (χ4v) is 2.31. The fraction of sp³-hybridized carbons (Fsp3) is 0.133. The molecule has 0 aromatic heterocycles. The zero-order chi connectivity index (χ0) is 15.6. The van der Waals surface area contributed by atoms with Crippen LogP contribution in [0.3, 0.4) is 0 Å². The van der Waals surface area contributed by atoms with Gasteiger partial charge < -0.3 is 4.74 Å². The van der Waals surface area contributed by atoms with E-state index >= 15 is 0 Å². The van der Waals surface area contributed by atoms with Crippen molar-refractivity contribution < 1.29 is 22.7 Å². The van der Waals surface area contributed by atoms with Gasteiger partial charge in [0, 0.05) is 9.13 Å². The summed E-state index contributed by atoms with van der Waals surface area (Å²) in [4.78, 5) is 12.4. The predicted molar refractivity (Wildman–Crippen MR) is 80.6 cm³/mol. The molecule has 0 N–H and O–H groups in total. The number of rotatable bonds is 3. The van der Waals surface area contributed by atoms with Gasteiger partial charge in [-0.15, -0.1) is 0 Å². The lowest BCUT2D eigenvalue weighted by atomic mass is 10.0. The lowest BCUT2D eigenvalue weighted by Gasteiger charge is -2.10. The van der Waals surface area contributed by atoms with Crippen molar-refractivity contribution in [3.8, 4) is 5.75 Å². The van der Waals surface area contributed by atoms with Gasteiger partial charge in [-0.05, 0) is 52.9 Å². The number of carbonyl (C=O) groups is 1. The van der Waals surface area contributed by atoms with Crippen LogP contribution in [0.15, 0.2) is 42.5 Å². The molecule has 0 fully saturated rings. The highest BCUT2D eigenvalue weighted by Gasteiger charge is 2.30. The van der Waals surface area contributed by atoms with Gasteiger partial charge in [-0.3, -0.25) is 4.79 Å². The SMILES string of the molecule is COc1ccc(I)cc1C(=O)c1ccc(C(F)(F)F)cc1. The standard InChI is InChI=1S/C15H10F3IO2/c1-21-13-7-6-11(19)8-12(13)14(20)9-2-4-10(5-3-9)15(16,17)18/h2-8H,1H3. The van der Waals surface area contributed by atoms with Crippen molar-refractivity contribution in [2.24, 2.45) is 0 Å². The van der Waals surface area contributed by atoms with E-state index < -0.39 is 11.7 Å². The van der Waals surface area contributed by atoms with Gasteiger partial charge in [-0.1, -0.05) is 12.1 Å². The van der Waals surface area contributed by atoms with E-state index in [0.717, 1.165) is 15.7 Å². The molecule has 0 atom stereocenters. The molecule has 0 radical (unpaired) electrons. The first-order valence-electron chi connectivity index (χ1n) is 5.88. The molecule has 0 bridgehead atoms. The number of halogens is 4. The van der Waals surface area contributed by atoms with E-state index in [9.17, 15) is 18.0 Å². The van der Waals surface area contributed by atoms with Gasteiger partial charge in [0.1, 0.15) is 5.75 Å². The lowest BCUT2D eigenvalue weighted by Crippen LogP contribution is -2.07. The highest BCUT2D eigenvalue weighted by Crippen LogP contribution is 2.30. The van der Waals surface area contributed by atoms with Crippen molar-refractivity contribution in [3.63, 3.8) is 0 Å². The summed E-state index contributed by atoms with van der Waals surface area (Å²) >= 11 is 2.05. The van der Waals surface area contributed by atoms with Crippen LogP contribution in [0.25, 0.3) is 0 Å². The normalized spacial score (nSPS) is 11.3. The molecular weight excluding hydrogens is 396 g/mol. The van der Waals surface area contributed by atoms with Crippen molar-refractivity contribution in [3.05, 3.63) is 62.7 Å². The summed E-state index contributed by atoms with van der Waals surface area (Å²) in [6.45, 7) is 0. The first-order chi connectivity index (χ1) is 9.82. The van der Waals surface area contributed by atoms with Crippen molar-refractivity contribution in [1.29, 1.82) is 0 Å². The van der Waals surface area contributed by atoms with Gasteiger partial charge >= 0.3 is 6.18 Å². The lowest BCUT2D eigenvalue weighted by molar-refractivity contribution is -0.137. The highest BCUT2D eigenvalue weighted by molar-refractivity contribution is 14.1. The van der Waals surface area contributed by atoms with E-state index in [0.29, 0.717) is 11.3 Å². The van der Waals surface area contributed by atoms with Crippen molar-refractivity contribution in [2.45, 2.75) is 6.18 Å². The Morgan fingerprint density at radius 2 is 1.71 bits per heavy atom. The Morgan fingerprint density at radius 3 is 2.24 bits per heavy atom. The van der Waals surface area contributed by atoms with Gasteiger partial charge in [-0.25, -0.2) is 0 Å². The van der Waals surface area contributed by atoms with Gasteiger partial charge in [0.05, 0.1) is 18.2 Å². The summed E-state index contributed by atoms with van der Waals surface area (Å²) < 4.78 is 43.5. The Labute approximate surface area is 133 Å². The topological polar surface area (TPSA) is 26.3 Å². The minimum atomic E-state index is -4.42. The molecule has 0 saturated heterocycles. The molecular formula is C15H10F3IO2. The van der Waals surface area contributed by atoms with Crippen LogP contribution in [0.5, 0.6) is 5.75 Å². The van der Waals surface area contributed by atoms with E-state index in [1.165, 1.54) is 19.2 Å². The van der Waals surface area contributed by atoms with E-state index in [4.69, 9.17) is 4.74 Å². The van der Waals surface area contributed by atoms with Crippen LogP contribution in [0.2, 0.25) is 0 Å². The first-order valence-corrected chi connectivity index (χ1v) is 6.96. The molecule has 0 aliphatic rings. The van der Waals surface area contributed by atoms with E-state index in [2.05, 4.69) is 22.6 Å². The Morgan fingerprint density at radius 1 is 1.10 bits per heavy atom. The number of ketones is 1.